The lowest BCUT2D eigenvalue weighted by molar-refractivity contribution is -0.155. The number of anilines is 1. The molecule has 2 amide bonds. The molecular weight excluding hydrogens is 375 g/mol. The molecule has 2 aromatic rings. The van der Waals surface area contributed by atoms with Crippen molar-refractivity contribution in [3.05, 3.63) is 65.5 Å². The van der Waals surface area contributed by atoms with E-state index in [1.807, 2.05) is 13.8 Å². The first-order chi connectivity index (χ1) is 13.8. The van der Waals surface area contributed by atoms with Gasteiger partial charge in [-0.3, -0.25) is 9.59 Å². The number of carbonyl (C=O) groups is 2. The molecule has 0 bridgehead atoms. The van der Waals surface area contributed by atoms with E-state index in [1.54, 1.807) is 29.2 Å². The summed E-state index contributed by atoms with van der Waals surface area (Å²) in [4.78, 5) is 26.1. The van der Waals surface area contributed by atoms with Gasteiger partial charge < -0.3 is 20.1 Å². The second kappa shape index (κ2) is 9.15. The minimum atomic E-state index is -0.903. The molecule has 29 heavy (non-hydrogen) atoms. The Balaban J connectivity index is 1.69. The molecule has 0 unspecified atom stereocenters. The number of aliphatic hydroxyl groups excluding tert-OH is 1. The number of nitrogens with one attached hydrogen (secondary N) is 1. The quantitative estimate of drug-likeness (QED) is 0.781. The Hall–Kier alpha value is -2.77. The zero-order chi connectivity index (χ0) is 21.0. The van der Waals surface area contributed by atoms with Crippen LogP contribution in [0.5, 0.6) is 0 Å². The van der Waals surface area contributed by atoms with Crippen molar-refractivity contribution in [1.29, 1.82) is 0 Å². The van der Waals surface area contributed by atoms with Crippen LogP contribution in [0.1, 0.15) is 35.9 Å². The van der Waals surface area contributed by atoms with E-state index in [0.717, 1.165) is 0 Å². The van der Waals surface area contributed by atoms with Gasteiger partial charge in [0.2, 0.25) is 5.91 Å². The highest BCUT2D eigenvalue weighted by molar-refractivity contribution is 6.04. The van der Waals surface area contributed by atoms with Gasteiger partial charge in [0.05, 0.1) is 12.6 Å². The van der Waals surface area contributed by atoms with Crippen molar-refractivity contribution in [2.75, 3.05) is 25.1 Å². The predicted octanol–water partition coefficient (Wildman–Crippen LogP) is 2.99. The molecular formula is C22H25FN2O4. The number of ether oxygens (including phenoxy) is 1. The summed E-state index contributed by atoms with van der Waals surface area (Å²) in [6, 6.07) is 11.6. The molecule has 2 N–H and O–H groups in total. The molecule has 0 aromatic heterocycles. The third-order valence-electron chi connectivity index (χ3n) is 4.78. The average Bonchev–Trinajstić information content (AvgIpc) is 2.70. The Kier molecular flexibility index (Phi) is 6.61. The van der Waals surface area contributed by atoms with Crippen LogP contribution in [0.15, 0.2) is 48.5 Å². The van der Waals surface area contributed by atoms with Crippen molar-refractivity contribution in [3.63, 3.8) is 0 Å². The van der Waals surface area contributed by atoms with Crippen molar-refractivity contribution < 1.29 is 23.8 Å². The maximum Gasteiger partial charge on any atom is 0.255 e. The third-order valence-corrected chi connectivity index (χ3v) is 4.78. The number of hydrogen-bond donors (Lipinski definition) is 2. The van der Waals surface area contributed by atoms with Crippen LogP contribution in [0.25, 0.3) is 0 Å². The Morgan fingerprint density at radius 2 is 1.86 bits per heavy atom. The molecule has 7 heteroatoms. The molecule has 1 heterocycles. The highest BCUT2D eigenvalue weighted by Gasteiger charge is 2.34. The number of hydrogen-bond acceptors (Lipinski definition) is 4. The maximum absolute atomic E-state index is 13.0. The van der Waals surface area contributed by atoms with Crippen molar-refractivity contribution in [3.8, 4) is 0 Å². The predicted molar refractivity (Wildman–Crippen MR) is 107 cm³/mol. The van der Waals surface area contributed by atoms with Gasteiger partial charge in [-0.15, -0.1) is 0 Å². The topological polar surface area (TPSA) is 78.9 Å². The zero-order valence-corrected chi connectivity index (χ0v) is 16.5. The summed E-state index contributed by atoms with van der Waals surface area (Å²) in [6.07, 6.45) is -0.903. The average molecular weight is 400 g/mol. The van der Waals surface area contributed by atoms with Gasteiger partial charge in [-0.05, 0) is 47.9 Å². The van der Waals surface area contributed by atoms with Gasteiger partial charge in [0.1, 0.15) is 18.5 Å². The van der Waals surface area contributed by atoms with Crippen LogP contribution in [-0.2, 0) is 9.53 Å². The van der Waals surface area contributed by atoms with Crippen LogP contribution in [0.2, 0.25) is 0 Å². The van der Waals surface area contributed by atoms with Crippen LogP contribution in [0.3, 0.4) is 0 Å². The van der Waals surface area contributed by atoms with Crippen molar-refractivity contribution in [1.82, 2.24) is 4.90 Å². The standard InChI is InChI=1S/C22H25FN2O4/c1-14(2)11-25-19(12-29-13-20(25)26)21(27)15-5-9-18(10-6-15)24-22(28)16-3-7-17(23)8-4-16/h3-10,14,19,21,27H,11-13H2,1-2H3,(H,24,28)/t19-,21-/m1/s1. The van der Waals surface area contributed by atoms with Crippen molar-refractivity contribution >= 4 is 17.5 Å². The molecule has 1 aliphatic heterocycles. The van der Waals surface area contributed by atoms with Crippen LogP contribution >= 0.6 is 0 Å². The van der Waals surface area contributed by atoms with Gasteiger partial charge in [0.25, 0.3) is 5.91 Å². The molecule has 3 rings (SSSR count). The number of halogens is 1. The lowest BCUT2D eigenvalue weighted by atomic mass is 9.99. The molecule has 0 spiro atoms. The van der Waals surface area contributed by atoms with Gasteiger partial charge in [0.15, 0.2) is 0 Å². The fourth-order valence-corrected chi connectivity index (χ4v) is 3.31. The summed E-state index contributed by atoms with van der Waals surface area (Å²) in [6.45, 7) is 4.89. The van der Waals surface area contributed by atoms with Gasteiger partial charge in [-0.2, -0.15) is 0 Å². The number of benzene rings is 2. The van der Waals surface area contributed by atoms with E-state index in [4.69, 9.17) is 4.74 Å². The molecule has 0 aliphatic carbocycles. The lowest BCUT2D eigenvalue weighted by Gasteiger charge is -2.39. The third kappa shape index (κ3) is 5.19. The van der Waals surface area contributed by atoms with Crippen molar-refractivity contribution in [2.24, 2.45) is 5.92 Å². The highest BCUT2D eigenvalue weighted by atomic mass is 19.1. The molecule has 1 saturated heterocycles. The van der Waals surface area contributed by atoms with E-state index in [2.05, 4.69) is 5.32 Å². The number of rotatable bonds is 6. The monoisotopic (exact) mass is 400 g/mol. The number of nitrogens with zero attached hydrogens (tertiary/aromatic N) is 1. The minimum absolute atomic E-state index is 0.0320. The number of amides is 2. The Bertz CT molecular complexity index is 852. The molecule has 1 fully saturated rings. The molecule has 2 aromatic carbocycles. The maximum atomic E-state index is 13.0. The Morgan fingerprint density at radius 1 is 1.21 bits per heavy atom. The summed E-state index contributed by atoms with van der Waals surface area (Å²) in [7, 11) is 0. The zero-order valence-electron chi connectivity index (χ0n) is 16.5. The smallest absolute Gasteiger partial charge is 0.255 e. The molecule has 6 nitrogen and oxygen atoms in total. The second-order valence-corrected chi connectivity index (χ2v) is 7.55. The number of morpholine rings is 1. The van der Waals surface area contributed by atoms with Gasteiger partial charge in [0, 0.05) is 17.8 Å². The normalized spacial score (nSPS) is 18.0. The molecule has 2 atom stereocenters. The van der Waals surface area contributed by atoms with Crippen LogP contribution < -0.4 is 5.32 Å². The lowest BCUT2D eigenvalue weighted by Crippen LogP contribution is -2.53. The van der Waals surface area contributed by atoms with Gasteiger partial charge in [-0.1, -0.05) is 26.0 Å². The number of carbonyl (C=O) groups excluding carboxylic acids is 2. The van der Waals surface area contributed by atoms with Gasteiger partial charge in [-0.25, -0.2) is 4.39 Å². The summed E-state index contributed by atoms with van der Waals surface area (Å²) >= 11 is 0. The Labute approximate surface area is 169 Å². The SMILES string of the molecule is CC(C)CN1C(=O)COC[C@@H]1[C@H](O)c1ccc(NC(=O)c2ccc(F)cc2)cc1. The second-order valence-electron chi connectivity index (χ2n) is 7.55. The largest absolute Gasteiger partial charge is 0.386 e. The van der Waals surface area contributed by atoms with E-state index >= 15 is 0 Å². The fourth-order valence-electron chi connectivity index (χ4n) is 3.31. The summed E-state index contributed by atoms with van der Waals surface area (Å²) in [5, 5.41) is 13.6. The first kappa shape index (κ1) is 21.0. The first-order valence-electron chi connectivity index (χ1n) is 9.57. The highest BCUT2D eigenvalue weighted by Crippen LogP contribution is 2.26. The molecule has 154 valence electrons. The summed E-state index contributed by atoms with van der Waals surface area (Å²) in [5.74, 6) is -0.614. The van der Waals surface area contributed by atoms with Gasteiger partial charge >= 0.3 is 0 Å². The van der Waals surface area contributed by atoms with Crippen LogP contribution in [-0.4, -0.2) is 47.6 Å². The van der Waals surface area contributed by atoms with E-state index < -0.39 is 18.0 Å². The fraction of sp³-hybridized carbons (Fsp3) is 0.364. The van der Waals surface area contributed by atoms with E-state index in [0.29, 0.717) is 23.4 Å². The van der Waals surface area contributed by atoms with E-state index in [-0.39, 0.29) is 30.9 Å². The van der Waals surface area contributed by atoms with Crippen molar-refractivity contribution in [2.45, 2.75) is 26.0 Å². The molecule has 1 aliphatic rings. The van der Waals surface area contributed by atoms with Crippen LogP contribution in [0, 0.1) is 11.7 Å². The van der Waals surface area contributed by atoms with Crippen LogP contribution in [0.4, 0.5) is 10.1 Å². The molecule has 0 saturated carbocycles. The first-order valence-corrected chi connectivity index (χ1v) is 9.57. The summed E-state index contributed by atoms with van der Waals surface area (Å²) < 4.78 is 18.3. The Morgan fingerprint density at radius 3 is 2.48 bits per heavy atom. The van der Waals surface area contributed by atoms with E-state index in [1.165, 1.54) is 24.3 Å². The summed E-state index contributed by atoms with van der Waals surface area (Å²) in [5.41, 5.74) is 1.52. The van der Waals surface area contributed by atoms with E-state index in [9.17, 15) is 19.1 Å². The number of aliphatic hydroxyl groups is 1. The minimum Gasteiger partial charge on any atom is -0.386 e. The molecule has 0 radical (unpaired) electrons.